The fourth-order valence-electron chi connectivity index (χ4n) is 3.09. The third kappa shape index (κ3) is 3.86. The number of fused-ring (bicyclic) bond motifs is 1. The van der Waals surface area contributed by atoms with Gasteiger partial charge >= 0.3 is 0 Å². The number of carbonyl (C=O) groups excluding carboxylic acids is 1. The summed E-state index contributed by atoms with van der Waals surface area (Å²) in [5.74, 6) is -0.202. The quantitative estimate of drug-likeness (QED) is 0.488. The fraction of sp³-hybridized carbons (Fsp3) is 0.227. The molecule has 1 atom stereocenters. The van der Waals surface area contributed by atoms with E-state index in [9.17, 15) is 4.79 Å². The molecule has 4 rings (SSSR count). The zero-order valence-electron chi connectivity index (χ0n) is 16.6. The number of pyridine rings is 1. The molecule has 3 heterocycles. The molecule has 3 aromatic heterocycles. The number of imidazole rings is 1. The van der Waals surface area contributed by atoms with Crippen LogP contribution >= 0.6 is 11.3 Å². The molecular formula is C22H23N5OS. The second-order valence-electron chi connectivity index (χ2n) is 6.93. The molecule has 0 bridgehead atoms. The van der Waals surface area contributed by atoms with E-state index in [1.165, 1.54) is 0 Å². The maximum absolute atomic E-state index is 12.1. The van der Waals surface area contributed by atoms with E-state index in [0.717, 1.165) is 38.8 Å². The average Bonchev–Trinajstić information content (AvgIpc) is 3.40. The van der Waals surface area contributed by atoms with Gasteiger partial charge in [-0.25, -0.2) is 9.97 Å². The summed E-state index contributed by atoms with van der Waals surface area (Å²) in [6.07, 6.45) is 6.70. The molecule has 0 aliphatic rings. The van der Waals surface area contributed by atoms with Gasteiger partial charge in [0.05, 0.1) is 4.88 Å². The lowest BCUT2D eigenvalue weighted by Crippen LogP contribution is -2.17. The monoisotopic (exact) mass is 405 g/mol. The minimum absolute atomic E-state index is 0.202. The standard InChI is InChI=1S/C22H23N5OS/c1-4-14(2)25-22-24-11-19(29-22)16-10-17(15-8-6-5-7-9-15)20-26-18(21(28)23-3)13-27(20)12-16/h5-14H,4H2,1-3H3,(H,23,28)(H,24,25). The third-order valence-corrected chi connectivity index (χ3v) is 5.85. The molecule has 0 radical (unpaired) electrons. The van der Waals surface area contributed by atoms with Crippen molar-refractivity contribution in [2.75, 3.05) is 12.4 Å². The van der Waals surface area contributed by atoms with Crippen molar-refractivity contribution >= 4 is 28.0 Å². The van der Waals surface area contributed by atoms with E-state index in [1.807, 2.05) is 35.0 Å². The van der Waals surface area contributed by atoms with E-state index < -0.39 is 0 Å². The number of rotatable bonds is 6. The van der Waals surface area contributed by atoms with E-state index in [2.05, 4.69) is 52.6 Å². The molecule has 6 nitrogen and oxygen atoms in total. The lowest BCUT2D eigenvalue weighted by molar-refractivity contribution is 0.0959. The van der Waals surface area contributed by atoms with Gasteiger partial charge in [-0.3, -0.25) is 4.79 Å². The highest BCUT2D eigenvalue weighted by atomic mass is 32.1. The Morgan fingerprint density at radius 2 is 2.00 bits per heavy atom. The predicted octanol–water partition coefficient (Wildman–Crippen LogP) is 4.69. The molecule has 0 aliphatic carbocycles. The van der Waals surface area contributed by atoms with Gasteiger partial charge in [-0.1, -0.05) is 48.6 Å². The molecule has 1 aromatic carbocycles. The Morgan fingerprint density at radius 3 is 2.72 bits per heavy atom. The van der Waals surface area contributed by atoms with Crippen LogP contribution in [-0.4, -0.2) is 33.4 Å². The Bertz CT molecular complexity index is 1150. The SMILES string of the molecule is CCC(C)Nc1ncc(-c2cc(-c3ccccc3)c3nc(C(=O)NC)cn3c2)s1. The highest BCUT2D eigenvalue weighted by molar-refractivity contribution is 7.18. The summed E-state index contributed by atoms with van der Waals surface area (Å²) in [5.41, 5.74) is 4.21. The number of aromatic nitrogens is 3. The molecule has 4 aromatic rings. The number of carbonyl (C=O) groups is 1. The normalized spacial score (nSPS) is 12.1. The Hall–Kier alpha value is -3.19. The van der Waals surface area contributed by atoms with Crippen molar-refractivity contribution in [2.45, 2.75) is 26.3 Å². The van der Waals surface area contributed by atoms with Gasteiger partial charge < -0.3 is 15.0 Å². The summed E-state index contributed by atoms with van der Waals surface area (Å²) in [6, 6.07) is 12.6. The zero-order chi connectivity index (χ0) is 20.4. The van der Waals surface area contributed by atoms with Crippen LogP contribution < -0.4 is 10.6 Å². The Kier molecular flexibility index (Phi) is 5.31. The van der Waals surface area contributed by atoms with Crippen LogP contribution in [0.2, 0.25) is 0 Å². The number of nitrogens with zero attached hydrogens (tertiary/aromatic N) is 3. The summed E-state index contributed by atoms with van der Waals surface area (Å²) in [7, 11) is 1.61. The van der Waals surface area contributed by atoms with Crippen LogP contribution in [0.5, 0.6) is 0 Å². The Labute approximate surface area is 173 Å². The summed E-state index contributed by atoms with van der Waals surface area (Å²) in [4.78, 5) is 22.3. The number of hydrogen-bond acceptors (Lipinski definition) is 5. The highest BCUT2D eigenvalue weighted by Crippen LogP contribution is 2.34. The number of thiazole rings is 1. The van der Waals surface area contributed by atoms with Crippen LogP contribution in [0.25, 0.3) is 27.2 Å². The number of benzene rings is 1. The predicted molar refractivity (Wildman–Crippen MR) is 119 cm³/mol. The average molecular weight is 406 g/mol. The van der Waals surface area contributed by atoms with Gasteiger partial charge in [-0.2, -0.15) is 0 Å². The molecule has 148 valence electrons. The Morgan fingerprint density at radius 1 is 1.21 bits per heavy atom. The first-order valence-corrected chi connectivity index (χ1v) is 10.4. The topological polar surface area (TPSA) is 71.3 Å². The molecule has 0 aliphatic heterocycles. The number of anilines is 1. The molecule has 2 N–H and O–H groups in total. The minimum Gasteiger partial charge on any atom is -0.359 e. The molecule has 1 amide bonds. The van der Waals surface area contributed by atoms with Crippen molar-refractivity contribution in [3.63, 3.8) is 0 Å². The molecule has 0 spiro atoms. The molecule has 1 unspecified atom stereocenters. The maximum atomic E-state index is 12.1. The van der Waals surface area contributed by atoms with Gasteiger partial charge in [0.25, 0.3) is 5.91 Å². The third-order valence-electron chi connectivity index (χ3n) is 4.87. The smallest absolute Gasteiger partial charge is 0.271 e. The highest BCUT2D eigenvalue weighted by Gasteiger charge is 2.16. The van der Waals surface area contributed by atoms with Gasteiger partial charge in [0.1, 0.15) is 11.3 Å². The largest absolute Gasteiger partial charge is 0.359 e. The van der Waals surface area contributed by atoms with Crippen LogP contribution in [0, 0.1) is 0 Å². The summed E-state index contributed by atoms with van der Waals surface area (Å²) in [5, 5.41) is 6.98. The molecular weight excluding hydrogens is 382 g/mol. The molecule has 0 fully saturated rings. The van der Waals surface area contributed by atoms with Gasteiger partial charge in [-0.15, -0.1) is 0 Å². The van der Waals surface area contributed by atoms with Crippen molar-refractivity contribution in [1.82, 2.24) is 19.7 Å². The summed E-state index contributed by atoms with van der Waals surface area (Å²) in [6.45, 7) is 4.29. The number of hydrogen-bond donors (Lipinski definition) is 2. The number of nitrogens with one attached hydrogen (secondary N) is 2. The van der Waals surface area contributed by atoms with Crippen molar-refractivity contribution in [3.05, 3.63) is 60.7 Å². The fourth-order valence-corrected chi connectivity index (χ4v) is 4.00. The van der Waals surface area contributed by atoms with Gasteiger partial charge in [0, 0.05) is 42.8 Å². The zero-order valence-corrected chi connectivity index (χ0v) is 17.5. The van der Waals surface area contributed by atoms with Gasteiger partial charge in [0.15, 0.2) is 5.13 Å². The van der Waals surface area contributed by atoms with E-state index in [1.54, 1.807) is 24.6 Å². The van der Waals surface area contributed by atoms with Gasteiger partial charge in [0.2, 0.25) is 0 Å². The molecule has 29 heavy (non-hydrogen) atoms. The van der Waals surface area contributed by atoms with E-state index in [-0.39, 0.29) is 5.91 Å². The lowest BCUT2D eigenvalue weighted by atomic mass is 10.0. The van der Waals surface area contributed by atoms with Crippen molar-refractivity contribution in [3.8, 4) is 21.6 Å². The lowest BCUT2D eigenvalue weighted by Gasteiger charge is -2.09. The summed E-state index contributed by atoms with van der Waals surface area (Å²) < 4.78 is 1.92. The van der Waals surface area contributed by atoms with Crippen molar-refractivity contribution in [1.29, 1.82) is 0 Å². The van der Waals surface area contributed by atoms with Crippen LogP contribution in [-0.2, 0) is 0 Å². The first kappa shape index (κ1) is 19.1. The first-order valence-electron chi connectivity index (χ1n) is 9.62. The van der Waals surface area contributed by atoms with Crippen LogP contribution in [0.4, 0.5) is 5.13 Å². The molecule has 0 saturated heterocycles. The number of amides is 1. The minimum atomic E-state index is -0.202. The first-order chi connectivity index (χ1) is 14.1. The second-order valence-corrected chi connectivity index (χ2v) is 7.96. The van der Waals surface area contributed by atoms with Gasteiger partial charge in [-0.05, 0) is 25.0 Å². The molecule has 7 heteroatoms. The molecule has 0 saturated carbocycles. The van der Waals surface area contributed by atoms with Crippen LogP contribution in [0.15, 0.2) is 55.0 Å². The Balaban J connectivity index is 1.84. The van der Waals surface area contributed by atoms with E-state index in [4.69, 9.17) is 0 Å². The van der Waals surface area contributed by atoms with Crippen molar-refractivity contribution in [2.24, 2.45) is 0 Å². The van der Waals surface area contributed by atoms with Crippen molar-refractivity contribution < 1.29 is 4.79 Å². The maximum Gasteiger partial charge on any atom is 0.271 e. The second kappa shape index (κ2) is 8.05. The van der Waals surface area contributed by atoms with Crippen LogP contribution in [0.3, 0.4) is 0 Å². The van der Waals surface area contributed by atoms with E-state index in [0.29, 0.717) is 11.7 Å². The van der Waals surface area contributed by atoms with Crippen LogP contribution in [0.1, 0.15) is 30.8 Å². The van der Waals surface area contributed by atoms with E-state index >= 15 is 0 Å². The summed E-state index contributed by atoms with van der Waals surface area (Å²) >= 11 is 1.62.